The molecule has 0 spiro atoms. The van der Waals surface area contributed by atoms with Crippen molar-refractivity contribution in [1.29, 1.82) is 5.26 Å². The second-order valence-corrected chi connectivity index (χ2v) is 4.64. The Labute approximate surface area is 113 Å². The van der Waals surface area contributed by atoms with Gasteiger partial charge in [-0.05, 0) is 24.1 Å². The Bertz CT molecular complexity index is 599. The third kappa shape index (κ3) is 2.89. The lowest BCUT2D eigenvalue weighted by atomic mass is 10.1. The van der Waals surface area contributed by atoms with Crippen LogP contribution >= 0.6 is 0 Å². The van der Waals surface area contributed by atoms with Crippen molar-refractivity contribution in [3.05, 3.63) is 47.8 Å². The first kappa shape index (κ1) is 13.0. The van der Waals surface area contributed by atoms with Crippen molar-refractivity contribution < 1.29 is 0 Å². The third-order valence-electron chi connectivity index (χ3n) is 2.88. The van der Waals surface area contributed by atoms with Gasteiger partial charge in [0.1, 0.15) is 11.8 Å². The summed E-state index contributed by atoms with van der Waals surface area (Å²) < 4.78 is 0. The Hall–Kier alpha value is -2.41. The number of aromatic nitrogens is 2. The van der Waals surface area contributed by atoms with E-state index in [9.17, 15) is 0 Å². The SMILES string of the molecule is CC(C)c1cc(C#N)nc(N(C)c2ccccc2)n1. The molecule has 2 aromatic rings. The van der Waals surface area contributed by atoms with E-state index < -0.39 is 0 Å². The van der Waals surface area contributed by atoms with Gasteiger partial charge in [-0.3, -0.25) is 0 Å². The zero-order valence-corrected chi connectivity index (χ0v) is 11.3. The number of hydrogen-bond acceptors (Lipinski definition) is 4. The van der Waals surface area contributed by atoms with Crippen LogP contribution in [-0.2, 0) is 0 Å². The minimum Gasteiger partial charge on any atom is -0.314 e. The summed E-state index contributed by atoms with van der Waals surface area (Å²) in [6.07, 6.45) is 0. The fraction of sp³-hybridized carbons (Fsp3) is 0.267. The summed E-state index contributed by atoms with van der Waals surface area (Å²) in [7, 11) is 1.90. The fourth-order valence-electron chi connectivity index (χ4n) is 1.72. The van der Waals surface area contributed by atoms with Crippen LogP contribution in [0.15, 0.2) is 36.4 Å². The number of nitriles is 1. The molecular formula is C15H16N4. The largest absolute Gasteiger partial charge is 0.314 e. The summed E-state index contributed by atoms with van der Waals surface area (Å²) in [6.45, 7) is 4.10. The highest BCUT2D eigenvalue weighted by Gasteiger charge is 2.12. The van der Waals surface area contributed by atoms with Crippen molar-refractivity contribution in [3.63, 3.8) is 0 Å². The highest BCUT2D eigenvalue weighted by atomic mass is 15.2. The van der Waals surface area contributed by atoms with E-state index in [1.54, 1.807) is 6.07 Å². The normalized spacial score (nSPS) is 10.3. The minimum absolute atomic E-state index is 0.262. The summed E-state index contributed by atoms with van der Waals surface area (Å²) in [6, 6.07) is 13.7. The number of para-hydroxylation sites is 1. The molecule has 0 amide bonds. The van der Waals surface area contributed by atoms with Gasteiger partial charge in [0.05, 0.1) is 0 Å². The van der Waals surface area contributed by atoms with Crippen LogP contribution in [0.4, 0.5) is 11.6 Å². The molecule has 2 rings (SSSR count). The Morgan fingerprint density at radius 3 is 2.42 bits per heavy atom. The molecule has 0 bridgehead atoms. The van der Waals surface area contributed by atoms with E-state index in [-0.39, 0.29) is 5.92 Å². The van der Waals surface area contributed by atoms with Crippen LogP contribution in [0.5, 0.6) is 0 Å². The predicted octanol–water partition coefficient (Wildman–Crippen LogP) is 3.24. The highest BCUT2D eigenvalue weighted by molar-refractivity contribution is 5.56. The first-order valence-electron chi connectivity index (χ1n) is 6.19. The number of rotatable bonds is 3. The number of benzene rings is 1. The lowest BCUT2D eigenvalue weighted by Gasteiger charge is -2.18. The van der Waals surface area contributed by atoms with Gasteiger partial charge < -0.3 is 4.90 Å². The van der Waals surface area contributed by atoms with Gasteiger partial charge in [0.25, 0.3) is 0 Å². The number of nitrogens with zero attached hydrogens (tertiary/aromatic N) is 4. The van der Waals surface area contributed by atoms with Crippen LogP contribution < -0.4 is 4.90 Å². The van der Waals surface area contributed by atoms with E-state index in [0.29, 0.717) is 11.6 Å². The van der Waals surface area contributed by atoms with Gasteiger partial charge in [0, 0.05) is 18.4 Å². The molecular weight excluding hydrogens is 236 g/mol. The lowest BCUT2D eigenvalue weighted by Crippen LogP contribution is -2.15. The van der Waals surface area contributed by atoms with Crippen LogP contribution in [0.1, 0.15) is 31.2 Å². The molecule has 0 unspecified atom stereocenters. The summed E-state index contributed by atoms with van der Waals surface area (Å²) >= 11 is 0. The molecule has 96 valence electrons. The molecule has 0 saturated heterocycles. The maximum absolute atomic E-state index is 9.06. The standard InChI is InChI=1S/C15H16N4/c1-11(2)14-9-12(10-16)17-15(18-14)19(3)13-7-5-4-6-8-13/h4-9,11H,1-3H3. The molecule has 0 radical (unpaired) electrons. The molecule has 19 heavy (non-hydrogen) atoms. The monoisotopic (exact) mass is 252 g/mol. The number of hydrogen-bond donors (Lipinski definition) is 0. The Kier molecular flexibility index (Phi) is 3.76. The first-order valence-corrected chi connectivity index (χ1v) is 6.19. The van der Waals surface area contributed by atoms with Crippen LogP contribution in [0.25, 0.3) is 0 Å². The van der Waals surface area contributed by atoms with Crippen LogP contribution in [-0.4, -0.2) is 17.0 Å². The Morgan fingerprint density at radius 2 is 1.84 bits per heavy atom. The third-order valence-corrected chi connectivity index (χ3v) is 2.88. The summed E-state index contributed by atoms with van der Waals surface area (Å²) in [5.74, 6) is 0.812. The number of anilines is 2. The van der Waals surface area contributed by atoms with Gasteiger partial charge in [-0.1, -0.05) is 32.0 Å². The van der Waals surface area contributed by atoms with E-state index >= 15 is 0 Å². The molecule has 0 N–H and O–H groups in total. The van der Waals surface area contributed by atoms with E-state index in [1.807, 2.05) is 42.3 Å². The molecule has 0 atom stereocenters. The molecule has 1 aromatic heterocycles. The second-order valence-electron chi connectivity index (χ2n) is 4.64. The smallest absolute Gasteiger partial charge is 0.231 e. The van der Waals surface area contributed by atoms with Gasteiger partial charge in [-0.2, -0.15) is 5.26 Å². The Balaban J connectivity index is 2.45. The average molecular weight is 252 g/mol. The zero-order chi connectivity index (χ0) is 13.8. The van der Waals surface area contributed by atoms with Crippen molar-refractivity contribution in [1.82, 2.24) is 9.97 Å². The second kappa shape index (κ2) is 5.49. The maximum Gasteiger partial charge on any atom is 0.231 e. The van der Waals surface area contributed by atoms with E-state index in [2.05, 4.69) is 29.9 Å². The molecule has 4 heteroatoms. The average Bonchev–Trinajstić information content (AvgIpc) is 2.46. The molecule has 0 aliphatic heterocycles. The van der Waals surface area contributed by atoms with Gasteiger partial charge in [0.2, 0.25) is 5.95 Å². The summed E-state index contributed by atoms with van der Waals surface area (Å²) in [5, 5.41) is 9.06. The molecule has 0 aliphatic rings. The van der Waals surface area contributed by atoms with Crippen molar-refractivity contribution >= 4 is 11.6 Å². The van der Waals surface area contributed by atoms with Crippen LogP contribution in [0.3, 0.4) is 0 Å². The molecule has 0 fully saturated rings. The topological polar surface area (TPSA) is 52.8 Å². The van der Waals surface area contributed by atoms with Gasteiger partial charge >= 0.3 is 0 Å². The summed E-state index contributed by atoms with van der Waals surface area (Å²) in [4.78, 5) is 10.7. The van der Waals surface area contributed by atoms with Gasteiger partial charge in [-0.25, -0.2) is 9.97 Å². The zero-order valence-electron chi connectivity index (χ0n) is 11.3. The lowest BCUT2D eigenvalue weighted by molar-refractivity contribution is 0.808. The quantitative estimate of drug-likeness (QED) is 0.841. The van der Waals surface area contributed by atoms with E-state index in [1.165, 1.54) is 0 Å². The maximum atomic E-state index is 9.06. The van der Waals surface area contributed by atoms with Crippen molar-refractivity contribution in [2.75, 3.05) is 11.9 Å². The van der Waals surface area contributed by atoms with E-state index in [4.69, 9.17) is 5.26 Å². The van der Waals surface area contributed by atoms with Crippen molar-refractivity contribution in [3.8, 4) is 6.07 Å². The van der Waals surface area contributed by atoms with E-state index in [0.717, 1.165) is 11.4 Å². The Morgan fingerprint density at radius 1 is 1.16 bits per heavy atom. The van der Waals surface area contributed by atoms with Crippen molar-refractivity contribution in [2.45, 2.75) is 19.8 Å². The highest BCUT2D eigenvalue weighted by Crippen LogP contribution is 2.22. The molecule has 1 heterocycles. The molecule has 4 nitrogen and oxygen atoms in total. The van der Waals surface area contributed by atoms with Gasteiger partial charge in [0.15, 0.2) is 0 Å². The van der Waals surface area contributed by atoms with Gasteiger partial charge in [-0.15, -0.1) is 0 Å². The van der Waals surface area contributed by atoms with Crippen LogP contribution in [0.2, 0.25) is 0 Å². The van der Waals surface area contributed by atoms with Crippen LogP contribution in [0, 0.1) is 11.3 Å². The summed E-state index contributed by atoms with van der Waals surface area (Å²) in [5.41, 5.74) is 2.27. The van der Waals surface area contributed by atoms with Crippen molar-refractivity contribution in [2.24, 2.45) is 0 Å². The molecule has 0 aliphatic carbocycles. The molecule has 1 aromatic carbocycles. The fourth-order valence-corrected chi connectivity index (χ4v) is 1.72. The predicted molar refractivity (Wildman–Crippen MR) is 75.3 cm³/mol. The minimum atomic E-state index is 0.262. The first-order chi connectivity index (χ1) is 9.11. The molecule has 0 saturated carbocycles.